The summed E-state index contributed by atoms with van der Waals surface area (Å²) in [4.78, 5) is 22.7. The zero-order valence-electron chi connectivity index (χ0n) is 16.6. The maximum atomic E-state index is 12.2. The molecule has 150 valence electrons. The fraction of sp³-hybridized carbons (Fsp3) is 0.571. The predicted molar refractivity (Wildman–Crippen MR) is 110 cm³/mol. The number of ether oxygens (including phenoxy) is 2. The molecule has 0 N–H and O–H groups in total. The van der Waals surface area contributed by atoms with Crippen LogP contribution >= 0.6 is 15.9 Å². The van der Waals surface area contributed by atoms with Crippen molar-refractivity contribution < 1.29 is 14.3 Å². The minimum atomic E-state index is -0.447. The molecule has 1 aromatic carbocycles. The van der Waals surface area contributed by atoms with Gasteiger partial charge in [0.05, 0.1) is 10.9 Å². The fourth-order valence-electron chi connectivity index (χ4n) is 4.14. The van der Waals surface area contributed by atoms with Crippen LogP contribution in [0.4, 0.5) is 4.79 Å². The topological polar surface area (TPSA) is 64.5 Å². The highest BCUT2D eigenvalue weighted by Gasteiger charge is 2.48. The number of aromatic nitrogens is 2. The molecule has 2 fully saturated rings. The fourth-order valence-corrected chi connectivity index (χ4v) is 4.51. The van der Waals surface area contributed by atoms with Crippen molar-refractivity contribution in [3.05, 3.63) is 29.0 Å². The van der Waals surface area contributed by atoms with Gasteiger partial charge in [0, 0.05) is 17.6 Å². The van der Waals surface area contributed by atoms with E-state index in [0.29, 0.717) is 5.88 Å². The molecule has 0 unspecified atom stereocenters. The van der Waals surface area contributed by atoms with Crippen LogP contribution in [-0.4, -0.2) is 45.8 Å². The molecule has 1 amide bonds. The Morgan fingerprint density at radius 2 is 1.93 bits per heavy atom. The Morgan fingerprint density at radius 1 is 1.21 bits per heavy atom. The van der Waals surface area contributed by atoms with Crippen LogP contribution in [0.3, 0.4) is 0 Å². The Morgan fingerprint density at radius 3 is 2.61 bits per heavy atom. The molecule has 0 radical (unpaired) electrons. The Hall–Kier alpha value is -1.89. The largest absolute Gasteiger partial charge is 0.474 e. The van der Waals surface area contributed by atoms with Gasteiger partial charge in [0.25, 0.3) is 0 Å². The Bertz CT molecular complexity index is 880. The molecule has 2 aromatic rings. The van der Waals surface area contributed by atoms with E-state index in [9.17, 15) is 4.79 Å². The number of likely N-dealkylation sites (tertiary alicyclic amines) is 1. The molecule has 6 nitrogen and oxygen atoms in total. The second-order valence-electron chi connectivity index (χ2n) is 8.96. The number of fused-ring (bicyclic) bond motifs is 1. The van der Waals surface area contributed by atoms with Crippen molar-refractivity contribution in [3.63, 3.8) is 0 Å². The number of amides is 1. The van der Waals surface area contributed by atoms with Crippen LogP contribution in [0.5, 0.6) is 5.88 Å². The summed E-state index contributed by atoms with van der Waals surface area (Å²) < 4.78 is 12.7. The van der Waals surface area contributed by atoms with Crippen molar-refractivity contribution >= 4 is 32.9 Å². The summed E-state index contributed by atoms with van der Waals surface area (Å²) in [6.07, 6.45) is 5.55. The smallest absolute Gasteiger partial charge is 0.410 e. The number of halogens is 1. The number of hydrogen-bond donors (Lipinski definition) is 0. The number of rotatable bonds is 2. The lowest BCUT2D eigenvalue weighted by atomic mass is 9.61. The summed E-state index contributed by atoms with van der Waals surface area (Å²) in [6.45, 7) is 7.22. The number of carbonyl (C=O) groups is 1. The number of benzene rings is 1. The molecule has 2 aliphatic rings. The van der Waals surface area contributed by atoms with Gasteiger partial charge in [-0.15, -0.1) is 0 Å². The van der Waals surface area contributed by atoms with Crippen molar-refractivity contribution in [2.24, 2.45) is 5.41 Å². The number of piperidine rings is 1. The van der Waals surface area contributed by atoms with Crippen molar-refractivity contribution in [1.29, 1.82) is 0 Å². The quantitative estimate of drug-likeness (QED) is 0.651. The molecule has 1 spiro atoms. The van der Waals surface area contributed by atoms with Gasteiger partial charge in [-0.3, -0.25) is 0 Å². The van der Waals surface area contributed by atoms with Crippen molar-refractivity contribution in [2.45, 2.75) is 58.2 Å². The normalized spacial score (nSPS) is 19.5. The third kappa shape index (κ3) is 4.09. The van der Waals surface area contributed by atoms with Gasteiger partial charge in [-0.25, -0.2) is 14.8 Å². The highest BCUT2D eigenvalue weighted by Crippen LogP contribution is 2.50. The summed E-state index contributed by atoms with van der Waals surface area (Å²) in [5.74, 6) is 0.650. The molecule has 7 heteroatoms. The minimum absolute atomic E-state index is 0.171. The van der Waals surface area contributed by atoms with E-state index in [4.69, 9.17) is 9.47 Å². The van der Waals surface area contributed by atoms with E-state index in [1.807, 2.05) is 43.9 Å². The first-order valence-corrected chi connectivity index (χ1v) is 10.6. The van der Waals surface area contributed by atoms with Crippen LogP contribution in [0.25, 0.3) is 10.9 Å². The van der Waals surface area contributed by atoms with Gasteiger partial charge in [-0.2, -0.15) is 0 Å². The molecule has 1 aliphatic heterocycles. The van der Waals surface area contributed by atoms with Crippen LogP contribution in [0.15, 0.2) is 29.0 Å². The highest BCUT2D eigenvalue weighted by molar-refractivity contribution is 9.10. The van der Waals surface area contributed by atoms with E-state index < -0.39 is 5.60 Å². The van der Waals surface area contributed by atoms with Gasteiger partial charge in [0.1, 0.15) is 18.0 Å². The molecule has 1 saturated heterocycles. The van der Waals surface area contributed by atoms with Gasteiger partial charge in [-0.1, -0.05) is 15.9 Å². The SMILES string of the molecule is CC(C)(C)OC(=O)N1CCC2(CC1)CC(Oc1ncnc3ccc(Br)cc13)C2. The van der Waals surface area contributed by atoms with Gasteiger partial charge in [0.2, 0.25) is 5.88 Å². The molecular weight excluding hydrogens is 422 g/mol. The summed E-state index contributed by atoms with van der Waals surface area (Å²) in [5, 5.41) is 0.928. The van der Waals surface area contributed by atoms with E-state index in [1.54, 1.807) is 6.33 Å². The van der Waals surface area contributed by atoms with E-state index in [1.165, 1.54) is 0 Å². The van der Waals surface area contributed by atoms with Crippen LogP contribution in [0.2, 0.25) is 0 Å². The summed E-state index contributed by atoms with van der Waals surface area (Å²) in [7, 11) is 0. The Kier molecular flexibility index (Phi) is 4.98. The second kappa shape index (κ2) is 7.17. The highest BCUT2D eigenvalue weighted by atomic mass is 79.9. The molecule has 1 aliphatic carbocycles. The van der Waals surface area contributed by atoms with Crippen LogP contribution in [-0.2, 0) is 4.74 Å². The van der Waals surface area contributed by atoms with Crippen molar-refractivity contribution in [3.8, 4) is 5.88 Å². The Labute approximate surface area is 173 Å². The molecule has 1 aromatic heterocycles. The maximum Gasteiger partial charge on any atom is 0.410 e. The summed E-state index contributed by atoms with van der Waals surface area (Å²) >= 11 is 3.50. The van der Waals surface area contributed by atoms with Gasteiger partial charge in [-0.05, 0) is 70.1 Å². The minimum Gasteiger partial charge on any atom is -0.474 e. The van der Waals surface area contributed by atoms with Crippen LogP contribution in [0, 0.1) is 5.41 Å². The zero-order valence-corrected chi connectivity index (χ0v) is 18.2. The first kappa shape index (κ1) is 19.4. The molecule has 2 heterocycles. The lowest BCUT2D eigenvalue weighted by Gasteiger charge is -2.51. The average Bonchev–Trinajstić information content (AvgIpc) is 2.60. The Balaban J connectivity index is 1.33. The number of nitrogens with zero attached hydrogens (tertiary/aromatic N) is 3. The van der Waals surface area contributed by atoms with E-state index >= 15 is 0 Å². The molecule has 0 atom stereocenters. The molecule has 4 rings (SSSR count). The van der Waals surface area contributed by atoms with Gasteiger partial charge in [0.15, 0.2) is 0 Å². The van der Waals surface area contributed by atoms with E-state index in [0.717, 1.165) is 54.1 Å². The third-order valence-electron chi connectivity index (χ3n) is 5.64. The summed E-state index contributed by atoms with van der Waals surface area (Å²) in [5.41, 5.74) is 0.719. The number of hydrogen-bond acceptors (Lipinski definition) is 5. The van der Waals surface area contributed by atoms with Crippen LogP contribution < -0.4 is 4.74 Å². The van der Waals surface area contributed by atoms with Crippen molar-refractivity contribution in [1.82, 2.24) is 14.9 Å². The van der Waals surface area contributed by atoms with Gasteiger partial charge >= 0.3 is 6.09 Å². The standard InChI is InChI=1S/C21H26BrN3O3/c1-20(2,3)28-19(26)25-8-6-21(7-9-25)11-15(12-21)27-18-16-10-14(22)4-5-17(16)23-13-24-18/h4-5,10,13,15H,6-9,11-12H2,1-3H3. The maximum absolute atomic E-state index is 12.2. The lowest BCUT2D eigenvalue weighted by Crippen LogP contribution is -2.52. The lowest BCUT2D eigenvalue weighted by molar-refractivity contribution is -0.0591. The molecular formula is C21H26BrN3O3. The van der Waals surface area contributed by atoms with E-state index in [-0.39, 0.29) is 17.6 Å². The molecule has 0 bridgehead atoms. The predicted octanol–water partition coefficient (Wildman–Crippen LogP) is 4.95. The zero-order chi connectivity index (χ0) is 19.9. The molecule has 1 saturated carbocycles. The van der Waals surface area contributed by atoms with Crippen molar-refractivity contribution in [2.75, 3.05) is 13.1 Å². The van der Waals surface area contributed by atoms with E-state index in [2.05, 4.69) is 25.9 Å². The number of carbonyl (C=O) groups excluding carboxylic acids is 1. The third-order valence-corrected chi connectivity index (χ3v) is 6.13. The second-order valence-corrected chi connectivity index (χ2v) is 9.87. The summed E-state index contributed by atoms with van der Waals surface area (Å²) in [6, 6.07) is 5.93. The first-order valence-electron chi connectivity index (χ1n) is 9.78. The average molecular weight is 448 g/mol. The van der Waals surface area contributed by atoms with Crippen LogP contribution in [0.1, 0.15) is 46.5 Å². The first-order chi connectivity index (χ1) is 13.2. The molecule has 28 heavy (non-hydrogen) atoms. The monoisotopic (exact) mass is 447 g/mol. The van der Waals surface area contributed by atoms with Gasteiger partial charge < -0.3 is 14.4 Å².